The van der Waals surface area contributed by atoms with Crippen molar-refractivity contribution in [2.24, 2.45) is 0 Å². The van der Waals surface area contributed by atoms with Crippen molar-refractivity contribution < 1.29 is 4.74 Å². The number of methoxy groups -OCH3 is 1. The Hall–Kier alpha value is -1.45. The van der Waals surface area contributed by atoms with Crippen LogP contribution in [0, 0.1) is 0 Å². The molecule has 0 atom stereocenters. The first-order valence-corrected chi connectivity index (χ1v) is 8.05. The maximum absolute atomic E-state index is 5.11. The molecule has 0 spiro atoms. The van der Waals surface area contributed by atoms with Crippen molar-refractivity contribution in [3.63, 3.8) is 0 Å². The summed E-state index contributed by atoms with van der Waals surface area (Å²) in [4.78, 5) is 10.8. The van der Waals surface area contributed by atoms with E-state index in [9.17, 15) is 0 Å². The third-order valence-corrected chi connectivity index (χ3v) is 4.41. The van der Waals surface area contributed by atoms with Crippen molar-refractivity contribution >= 4 is 34.0 Å². The van der Waals surface area contributed by atoms with Crippen LogP contribution >= 0.6 is 23.1 Å². The van der Waals surface area contributed by atoms with Gasteiger partial charge < -0.3 is 15.0 Å². The number of anilines is 2. The van der Waals surface area contributed by atoms with E-state index in [0.29, 0.717) is 12.4 Å². The zero-order valence-corrected chi connectivity index (χ0v) is 14.1. The van der Waals surface area contributed by atoms with Gasteiger partial charge in [-0.05, 0) is 18.7 Å². The van der Waals surface area contributed by atoms with Gasteiger partial charge in [-0.2, -0.15) is 0 Å². The second-order valence-electron chi connectivity index (χ2n) is 4.32. The van der Waals surface area contributed by atoms with Crippen LogP contribution in [0.25, 0.3) is 0 Å². The van der Waals surface area contributed by atoms with Crippen molar-refractivity contribution in [2.45, 2.75) is 22.9 Å². The number of rotatable bonds is 7. The van der Waals surface area contributed by atoms with Crippen LogP contribution in [0.5, 0.6) is 0 Å². The van der Waals surface area contributed by atoms with Crippen LogP contribution in [-0.2, 0) is 11.3 Å². The molecule has 1 N–H and O–H groups in total. The van der Waals surface area contributed by atoms with Crippen LogP contribution in [0.15, 0.2) is 15.4 Å². The Labute approximate surface area is 132 Å². The molecule has 9 heteroatoms. The lowest BCUT2D eigenvalue weighted by atomic mass is 10.5. The predicted octanol–water partition coefficient (Wildman–Crippen LogP) is 2.12. The van der Waals surface area contributed by atoms with E-state index < -0.39 is 0 Å². The van der Waals surface area contributed by atoms with Gasteiger partial charge in [0.2, 0.25) is 5.13 Å². The number of ether oxygens (including phenoxy) is 1. The molecule has 0 aromatic carbocycles. The van der Waals surface area contributed by atoms with E-state index in [4.69, 9.17) is 4.74 Å². The molecule has 0 aliphatic heterocycles. The standard InChI is InChI=1S/C12H18N6OS2/c1-5-13-8-6-10(15-9(14-8)7-19-4)20-12-17-16-11(21-12)18(2)3/h6H,5,7H2,1-4H3,(H,13,14,15). The molecule has 0 amide bonds. The van der Waals surface area contributed by atoms with Crippen molar-refractivity contribution in [2.75, 3.05) is 38.0 Å². The van der Waals surface area contributed by atoms with E-state index in [2.05, 4.69) is 25.5 Å². The van der Waals surface area contributed by atoms with Crippen LogP contribution < -0.4 is 10.2 Å². The Morgan fingerprint density at radius 1 is 1.33 bits per heavy atom. The SMILES string of the molecule is CCNc1cc(Sc2nnc(N(C)C)s2)nc(COC)n1. The third-order valence-electron chi connectivity index (χ3n) is 2.35. The van der Waals surface area contributed by atoms with E-state index >= 15 is 0 Å². The summed E-state index contributed by atoms with van der Waals surface area (Å²) in [6.45, 7) is 3.21. The molecule has 2 rings (SSSR count). The Balaban J connectivity index is 2.20. The minimum Gasteiger partial charge on any atom is -0.377 e. The van der Waals surface area contributed by atoms with E-state index in [-0.39, 0.29) is 0 Å². The summed E-state index contributed by atoms with van der Waals surface area (Å²) in [6.07, 6.45) is 0. The van der Waals surface area contributed by atoms with Crippen molar-refractivity contribution in [3.8, 4) is 0 Å². The van der Waals surface area contributed by atoms with E-state index in [1.807, 2.05) is 32.0 Å². The molecule has 0 bridgehead atoms. The van der Waals surface area contributed by atoms with E-state index in [1.54, 1.807) is 7.11 Å². The number of aromatic nitrogens is 4. The highest BCUT2D eigenvalue weighted by molar-refractivity contribution is 8.01. The van der Waals surface area contributed by atoms with Gasteiger partial charge in [0.1, 0.15) is 17.5 Å². The molecule has 0 saturated heterocycles. The lowest BCUT2D eigenvalue weighted by Gasteiger charge is -2.07. The Morgan fingerprint density at radius 2 is 2.14 bits per heavy atom. The summed E-state index contributed by atoms with van der Waals surface area (Å²) in [5, 5.41) is 13.2. The molecule has 2 aromatic rings. The summed E-state index contributed by atoms with van der Waals surface area (Å²) >= 11 is 3.01. The van der Waals surface area contributed by atoms with Gasteiger partial charge in [0.15, 0.2) is 10.2 Å². The fourth-order valence-corrected chi connectivity index (χ4v) is 3.23. The molecule has 0 aliphatic rings. The summed E-state index contributed by atoms with van der Waals surface area (Å²) in [6, 6.07) is 1.91. The lowest BCUT2D eigenvalue weighted by Crippen LogP contribution is -2.07. The molecule has 0 aliphatic carbocycles. The largest absolute Gasteiger partial charge is 0.377 e. The number of nitrogens with zero attached hydrogens (tertiary/aromatic N) is 5. The van der Waals surface area contributed by atoms with E-state index in [1.165, 1.54) is 23.1 Å². The van der Waals surface area contributed by atoms with Gasteiger partial charge >= 0.3 is 0 Å². The minimum atomic E-state index is 0.381. The Kier molecular flexibility index (Phi) is 5.71. The zero-order valence-electron chi connectivity index (χ0n) is 12.5. The molecule has 2 heterocycles. The highest BCUT2D eigenvalue weighted by Gasteiger charge is 2.11. The van der Waals surface area contributed by atoms with Crippen LogP contribution in [0.3, 0.4) is 0 Å². The maximum atomic E-state index is 5.11. The van der Waals surface area contributed by atoms with Crippen LogP contribution in [0.2, 0.25) is 0 Å². The van der Waals surface area contributed by atoms with Gasteiger partial charge in [-0.3, -0.25) is 0 Å². The summed E-state index contributed by atoms with van der Waals surface area (Å²) in [5.41, 5.74) is 0. The predicted molar refractivity (Wildman–Crippen MR) is 85.3 cm³/mol. The van der Waals surface area contributed by atoms with E-state index in [0.717, 1.165) is 26.9 Å². The lowest BCUT2D eigenvalue weighted by molar-refractivity contribution is 0.177. The molecular weight excluding hydrogens is 308 g/mol. The van der Waals surface area contributed by atoms with Gasteiger partial charge in [-0.25, -0.2) is 9.97 Å². The highest BCUT2D eigenvalue weighted by Crippen LogP contribution is 2.32. The molecule has 21 heavy (non-hydrogen) atoms. The molecule has 114 valence electrons. The van der Waals surface area contributed by atoms with Gasteiger partial charge in [0, 0.05) is 33.8 Å². The smallest absolute Gasteiger partial charge is 0.208 e. The molecule has 0 radical (unpaired) electrons. The fraction of sp³-hybridized carbons (Fsp3) is 0.500. The summed E-state index contributed by atoms with van der Waals surface area (Å²) in [5.74, 6) is 1.44. The average Bonchev–Trinajstić information content (AvgIpc) is 2.88. The van der Waals surface area contributed by atoms with Gasteiger partial charge in [0.25, 0.3) is 0 Å². The van der Waals surface area contributed by atoms with Gasteiger partial charge in [-0.1, -0.05) is 11.3 Å². The molecular formula is C12H18N6OS2. The summed E-state index contributed by atoms with van der Waals surface area (Å²) < 4.78 is 5.96. The molecule has 0 fully saturated rings. The van der Waals surface area contributed by atoms with Crippen LogP contribution in [0.1, 0.15) is 12.7 Å². The minimum absolute atomic E-state index is 0.381. The second kappa shape index (κ2) is 7.53. The zero-order chi connectivity index (χ0) is 15.2. The first-order valence-electron chi connectivity index (χ1n) is 6.41. The van der Waals surface area contributed by atoms with Crippen molar-refractivity contribution in [1.29, 1.82) is 0 Å². The van der Waals surface area contributed by atoms with Crippen molar-refractivity contribution in [1.82, 2.24) is 20.2 Å². The number of hydrogen-bond acceptors (Lipinski definition) is 9. The van der Waals surface area contributed by atoms with Gasteiger partial charge in [0.05, 0.1) is 0 Å². The fourth-order valence-electron chi connectivity index (χ4n) is 1.50. The van der Waals surface area contributed by atoms with Crippen LogP contribution in [-0.4, -0.2) is 47.9 Å². The van der Waals surface area contributed by atoms with Gasteiger partial charge in [-0.15, -0.1) is 10.2 Å². The molecule has 2 aromatic heterocycles. The molecule has 0 unspecified atom stereocenters. The highest BCUT2D eigenvalue weighted by atomic mass is 32.2. The Morgan fingerprint density at radius 3 is 2.76 bits per heavy atom. The number of hydrogen-bond donors (Lipinski definition) is 1. The average molecular weight is 326 g/mol. The maximum Gasteiger partial charge on any atom is 0.208 e. The summed E-state index contributed by atoms with van der Waals surface area (Å²) in [7, 11) is 5.52. The number of nitrogens with one attached hydrogen (secondary N) is 1. The Bertz CT molecular complexity index is 565. The molecule has 0 saturated carbocycles. The monoisotopic (exact) mass is 326 g/mol. The van der Waals surface area contributed by atoms with Crippen LogP contribution in [0.4, 0.5) is 10.9 Å². The first-order chi connectivity index (χ1) is 10.1. The first kappa shape index (κ1) is 15.9. The van der Waals surface area contributed by atoms with Crippen molar-refractivity contribution in [3.05, 3.63) is 11.9 Å². The second-order valence-corrected chi connectivity index (χ2v) is 6.54. The third kappa shape index (κ3) is 4.51. The topological polar surface area (TPSA) is 76.1 Å². The molecule has 7 nitrogen and oxygen atoms in total. The quantitative estimate of drug-likeness (QED) is 0.776. The normalized spacial score (nSPS) is 10.7.